The Hall–Kier alpha value is -3.15. The van der Waals surface area contributed by atoms with E-state index in [2.05, 4.69) is 51.5 Å². The topological polar surface area (TPSA) is 71.3 Å². The first-order valence-electron chi connectivity index (χ1n) is 10.8. The maximum atomic E-state index is 12.3. The fourth-order valence-corrected chi connectivity index (χ4v) is 3.71. The van der Waals surface area contributed by atoms with Gasteiger partial charge in [0, 0.05) is 42.9 Å². The summed E-state index contributed by atoms with van der Waals surface area (Å²) in [6.45, 7) is 4.34. The molecule has 0 unspecified atom stereocenters. The number of hydrogen-bond donors (Lipinski definition) is 1. The molecule has 0 aliphatic carbocycles. The first-order valence-corrected chi connectivity index (χ1v) is 10.8. The van der Waals surface area contributed by atoms with E-state index in [1.54, 1.807) is 0 Å². The lowest BCUT2D eigenvalue weighted by Gasteiger charge is -2.28. The van der Waals surface area contributed by atoms with Crippen LogP contribution in [0.25, 0.3) is 11.4 Å². The van der Waals surface area contributed by atoms with Gasteiger partial charge in [-0.15, -0.1) is 0 Å². The molecule has 0 radical (unpaired) electrons. The van der Waals surface area contributed by atoms with Gasteiger partial charge in [0.1, 0.15) is 0 Å². The molecule has 1 N–H and O–H groups in total. The minimum Gasteiger partial charge on any atom is -0.372 e. The number of nitrogens with one attached hydrogen (secondary N) is 1. The van der Waals surface area contributed by atoms with Crippen LogP contribution in [0.3, 0.4) is 0 Å². The van der Waals surface area contributed by atoms with Crippen LogP contribution in [0, 0.1) is 0 Å². The van der Waals surface area contributed by atoms with Crippen LogP contribution in [-0.2, 0) is 17.6 Å². The third-order valence-electron chi connectivity index (χ3n) is 5.53. The van der Waals surface area contributed by atoms with Crippen LogP contribution < -0.4 is 10.2 Å². The Bertz CT molecular complexity index is 958. The number of nitrogens with zero attached hydrogens (tertiary/aromatic N) is 3. The fraction of sp³-hybridized carbons (Fsp3) is 0.375. The predicted octanol–water partition coefficient (Wildman–Crippen LogP) is 4.86. The van der Waals surface area contributed by atoms with Gasteiger partial charge in [-0.2, -0.15) is 4.98 Å². The van der Waals surface area contributed by atoms with Crippen molar-refractivity contribution in [1.82, 2.24) is 10.1 Å². The smallest absolute Gasteiger partial charge is 0.227 e. The third kappa shape index (κ3) is 5.06. The maximum absolute atomic E-state index is 12.3. The quantitative estimate of drug-likeness (QED) is 0.609. The van der Waals surface area contributed by atoms with Crippen LogP contribution in [0.1, 0.15) is 44.1 Å². The molecule has 0 bridgehead atoms. The van der Waals surface area contributed by atoms with Crippen LogP contribution in [0.2, 0.25) is 0 Å². The van der Waals surface area contributed by atoms with Crippen molar-refractivity contribution in [3.05, 3.63) is 60.0 Å². The summed E-state index contributed by atoms with van der Waals surface area (Å²) in [7, 11) is 0. The molecule has 0 atom stereocenters. The summed E-state index contributed by atoms with van der Waals surface area (Å²) in [5.41, 5.74) is 4.21. The van der Waals surface area contributed by atoms with E-state index in [-0.39, 0.29) is 5.91 Å². The molecule has 4 rings (SSSR count). The lowest BCUT2D eigenvalue weighted by atomic mass is 10.1. The highest BCUT2D eigenvalue weighted by molar-refractivity contribution is 5.91. The molecule has 1 saturated heterocycles. The van der Waals surface area contributed by atoms with Crippen LogP contribution in [-0.4, -0.2) is 29.1 Å². The van der Waals surface area contributed by atoms with Crippen LogP contribution in [0.15, 0.2) is 53.1 Å². The zero-order chi connectivity index (χ0) is 20.8. The molecule has 0 saturated carbocycles. The Morgan fingerprint density at radius 2 is 1.77 bits per heavy atom. The summed E-state index contributed by atoms with van der Waals surface area (Å²) >= 11 is 0. The van der Waals surface area contributed by atoms with Crippen molar-refractivity contribution in [2.75, 3.05) is 23.3 Å². The molecular formula is C24H28N4O2. The second-order valence-corrected chi connectivity index (χ2v) is 7.70. The van der Waals surface area contributed by atoms with Gasteiger partial charge in [-0.05, 0) is 55.5 Å². The molecule has 3 aromatic rings. The first-order chi connectivity index (χ1) is 14.7. The number of anilines is 2. The molecule has 6 nitrogen and oxygen atoms in total. The molecular weight excluding hydrogens is 376 g/mol. The van der Waals surface area contributed by atoms with E-state index >= 15 is 0 Å². The minimum absolute atomic E-state index is 0.0622. The lowest BCUT2D eigenvalue weighted by Crippen LogP contribution is -2.29. The highest BCUT2D eigenvalue weighted by atomic mass is 16.5. The molecule has 1 aliphatic heterocycles. The summed E-state index contributed by atoms with van der Waals surface area (Å²) in [5, 5.41) is 6.98. The number of piperidine rings is 1. The van der Waals surface area contributed by atoms with Crippen molar-refractivity contribution in [3.8, 4) is 11.4 Å². The van der Waals surface area contributed by atoms with Crippen molar-refractivity contribution < 1.29 is 9.32 Å². The van der Waals surface area contributed by atoms with E-state index in [0.717, 1.165) is 30.8 Å². The number of hydrogen-bond acceptors (Lipinski definition) is 5. The monoisotopic (exact) mass is 404 g/mol. The summed E-state index contributed by atoms with van der Waals surface area (Å²) in [5.74, 6) is 0.967. The van der Waals surface area contributed by atoms with E-state index in [9.17, 15) is 4.79 Å². The highest BCUT2D eigenvalue weighted by Gasteiger charge is 2.13. The number of rotatable bonds is 7. The Balaban J connectivity index is 1.28. The van der Waals surface area contributed by atoms with Gasteiger partial charge in [-0.25, -0.2) is 0 Å². The maximum Gasteiger partial charge on any atom is 0.227 e. The van der Waals surface area contributed by atoms with Crippen LogP contribution in [0.4, 0.5) is 11.4 Å². The number of aromatic nitrogens is 2. The van der Waals surface area contributed by atoms with Crippen molar-refractivity contribution in [2.45, 2.75) is 45.4 Å². The molecule has 30 heavy (non-hydrogen) atoms. The number of carbonyl (C=O) groups is 1. The molecule has 156 valence electrons. The normalized spacial score (nSPS) is 14.0. The molecule has 6 heteroatoms. The molecule has 1 aliphatic rings. The Morgan fingerprint density at radius 3 is 2.47 bits per heavy atom. The van der Waals surface area contributed by atoms with Gasteiger partial charge in [0.25, 0.3) is 0 Å². The Kier molecular flexibility index (Phi) is 6.42. The number of benzene rings is 2. The molecule has 0 spiro atoms. The van der Waals surface area contributed by atoms with Crippen LogP contribution >= 0.6 is 0 Å². The first kappa shape index (κ1) is 20.1. The van der Waals surface area contributed by atoms with Gasteiger partial charge in [0.2, 0.25) is 17.6 Å². The van der Waals surface area contributed by atoms with Crippen molar-refractivity contribution in [3.63, 3.8) is 0 Å². The Labute approximate surface area is 177 Å². The number of amides is 1. The van der Waals surface area contributed by atoms with Crippen molar-refractivity contribution in [2.24, 2.45) is 0 Å². The minimum atomic E-state index is -0.0622. The summed E-state index contributed by atoms with van der Waals surface area (Å²) in [4.78, 5) is 19.1. The van der Waals surface area contributed by atoms with E-state index in [1.807, 2.05) is 24.3 Å². The van der Waals surface area contributed by atoms with Gasteiger partial charge < -0.3 is 14.7 Å². The fourth-order valence-electron chi connectivity index (χ4n) is 3.71. The number of carbonyl (C=O) groups excluding carboxylic acids is 1. The molecule has 1 aromatic heterocycles. The third-order valence-corrected chi connectivity index (χ3v) is 5.53. The summed E-state index contributed by atoms with van der Waals surface area (Å²) in [6, 6.07) is 16.2. The SMILES string of the molecule is CCc1ccc(-c2noc(CCC(=O)Nc3ccc(N4CCCCC4)cc3)n2)cc1. The van der Waals surface area contributed by atoms with E-state index in [4.69, 9.17) is 4.52 Å². The summed E-state index contributed by atoms with van der Waals surface area (Å²) < 4.78 is 5.31. The zero-order valence-corrected chi connectivity index (χ0v) is 17.4. The standard InChI is InChI=1S/C24H28N4O2/c1-2-18-6-8-19(9-7-18)24-26-23(30-27-24)15-14-22(29)25-20-10-12-21(13-11-20)28-16-4-3-5-17-28/h6-13H,2-5,14-17H2,1H3,(H,25,29). The molecule has 1 amide bonds. The average Bonchev–Trinajstić information content (AvgIpc) is 3.28. The Morgan fingerprint density at radius 1 is 1.03 bits per heavy atom. The van der Waals surface area contributed by atoms with Gasteiger partial charge in [-0.3, -0.25) is 4.79 Å². The van der Waals surface area contributed by atoms with Gasteiger partial charge in [-0.1, -0.05) is 36.3 Å². The highest BCUT2D eigenvalue weighted by Crippen LogP contribution is 2.22. The molecule has 1 fully saturated rings. The van der Waals surface area contributed by atoms with Crippen LogP contribution in [0.5, 0.6) is 0 Å². The lowest BCUT2D eigenvalue weighted by molar-refractivity contribution is -0.116. The predicted molar refractivity (Wildman–Crippen MR) is 119 cm³/mol. The average molecular weight is 405 g/mol. The van der Waals surface area contributed by atoms with Crippen molar-refractivity contribution >= 4 is 17.3 Å². The van der Waals surface area contributed by atoms with Gasteiger partial charge >= 0.3 is 0 Å². The zero-order valence-electron chi connectivity index (χ0n) is 17.4. The molecule has 2 aromatic carbocycles. The number of aryl methyl sites for hydroxylation is 2. The molecule has 2 heterocycles. The summed E-state index contributed by atoms with van der Waals surface area (Å²) in [6.07, 6.45) is 5.52. The van der Waals surface area contributed by atoms with Gasteiger partial charge in [0.15, 0.2) is 0 Å². The second-order valence-electron chi connectivity index (χ2n) is 7.70. The van der Waals surface area contributed by atoms with E-state index in [1.165, 1.54) is 30.5 Å². The van der Waals surface area contributed by atoms with Crippen molar-refractivity contribution in [1.29, 1.82) is 0 Å². The van der Waals surface area contributed by atoms with E-state index in [0.29, 0.717) is 24.6 Å². The van der Waals surface area contributed by atoms with E-state index < -0.39 is 0 Å². The van der Waals surface area contributed by atoms with Gasteiger partial charge in [0.05, 0.1) is 0 Å². The second kappa shape index (κ2) is 9.57. The largest absolute Gasteiger partial charge is 0.372 e.